The van der Waals surface area contributed by atoms with Crippen LogP contribution in [0.25, 0.3) is 0 Å². The maximum Gasteiger partial charge on any atom is 0.221 e. The van der Waals surface area contributed by atoms with Gasteiger partial charge in [-0.05, 0) is 36.0 Å². The average Bonchev–Trinajstić information content (AvgIpc) is 2.86. The summed E-state index contributed by atoms with van der Waals surface area (Å²) >= 11 is 0. The second kappa shape index (κ2) is 3.40. The molecule has 2 nitrogen and oxygen atoms in total. The van der Waals surface area contributed by atoms with E-state index >= 15 is 0 Å². The number of amides is 1. The first-order valence-corrected chi connectivity index (χ1v) is 4.73. The van der Waals surface area contributed by atoms with Crippen LogP contribution in [0, 0.1) is 5.82 Å². The van der Waals surface area contributed by atoms with Crippen LogP contribution in [0.1, 0.15) is 29.9 Å². The topological polar surface area (TPSA) is 43.1 Å². The van der Waals surface area contributed by atoms with Crippen molar-refractivity contribution in [3.8, 4) is 0 Å². The molecular weight excluding hydrogens is 181 g/mol. The van der Waals surface area contributed by atoms with E-state index in [1.54, 1.807) is 12.1 Å². The van der Waals surface area contributed by atoms with Crippen LogP contribution in [0.15, 0.2) is 18.2 Å². The van der Waals surface area contributed by atoms with E-state index in [-0.39, 0.29) is 12.2 Å². The lowest BCUT2D eigenvalue weighted by Gasteiger charge is -2.03. The lowest BCUT2D eigenvalue weighted by atomic mass is 10.1. The van der Waals surface area contributed by atoms with Crippen LogP contribution in [0.5, 0.6) is 0 Å². The van der Waals surface area contributed by atoms with Crippen molar-refractivity contribution in [1.82, 2.24) is 0 Å². The molecule has 0 aromatic heterocycles. The molecule has 2 N–H and O–H groups in total. The molecule has 0 atom stereocenters. The van der Waals surface area contributed by atoms with Crippen molar-refractivity contribution in [1.29, 1.82) is 0 Å². The number of hydrogen-bond acceptors (Lipinski definition) is 1. The molecule has 14 heavy (non-hydrogen) atoms. The fourth-order valence-electron chi connectivity index (χ4n) is 1.61. The number of benzene rings is 1. The van der Waals surface area contributed by atoms with E-state index in [0.717, 1.165) is 18.4 Å². The fraction of sp³-hybridized carbons (Fsp3) is 0.364. The van der Waals surface area contributed by atoms with Gasteiger partial charge in [-0.2, -0.15) is 0 Å². The average molecular weight is 193 g/mol. The fourth-order valence-corrected chi connectivity index (χ4v) is 1.61. The van der Waals surface area contributed by atoms with Gasteiger partial charge in [0.15, 0.2) is 0 Å². The van der Waals surface area contributed by atoms with E-state index in [1.165, 1.54) is 6.07 Å². The first-order chi connectivity index (χ1) is 6.66. The van der Waals surface area contributed by atoms with E-state index in [9.17, 15) is 9.18 Å². The third-order valence-electron chi connectivity index (χ3n) is 2.46. The SMILES string of the molecule is NC(=O)Cc1ccc(C2CC2)c(F)c1. The first-order valence-electron chi connectivity index (χ1n) is 4.73. The molecule has 0 radical (unpaired) electrons. The highest BCUT2D eigenvalue weighted by molar-refractivity contribution is 5.76. The van der Waals surface area contributed by atoms with Crippen molar-refractivity contribution >= 4 is 5.91 Å². The monoisotopic (exact) mass is 193 g/mol. The molecule has 1 aliphatic rings. The Morgan fingerprint density at radius 1 is 1.50 bits per heavy atom. The zero-order chi connectivity index (χ0) is 10.1. The van der Waals surface area contributed by atoms with Crippen molar-refractivity contribution in [2.24, 2.45) is 5.73 Å². The molecule has 0 saturated heterocycles. The van der Waals surface area contributed by atoms with E-state index in [0.29, 0.717) is 11.5 Å². The largest absolute Gasteiger partial charge is 0.369 e. The zero-order valence-electron chi connectivity index (χ0n) is 7.79. The van der Waals surface area contributed by atoms with Gasteiger partial charge >= 0.3 is 0 Å². The van der Waals surface area contributed by atoms with Crippen LogP contribution in [-0.4, -0.2) is 5.91 Å². The predicted octanol–water partition coefficient (Wildman–Crippen LogP) is 1.73. The second-order valence-corrected chi connectivity index (χ2v) is 3.77. The molecule has 74 valence electrons. The van der Waals surface area contributed by atoms with Gasteiger partial charge in [-0.15, -0.1) is 0 Å². The molecule has 3 heteroatoms. The van der Waals surface area contributed by atoms with E-state index < -0.39 is 5.91 Å². The summed E-state index contributed by atoms with van der Waals surface area (Å²) in [6.45, 7) is 0. The van der Waals surface area contributed by atoms with Crippen LogP contribution in [0.4, 0.5) is 4.39 Å². The van der Waals surface area contributed by atoms with Crippen molar-refractivity contribution in [3.63, 3.8) is 0 Å². The van der Waals surface area contributed by atoms with Gasteiger partial charge in [0.05, 0.1) is 6.42 Å². The molecule has 1 fully saturated rings. The molecule has 0 bridgehead atoms. The Bertz CT molecular complexity index is 372. The zero-order valence-corrected chi connectivity index (χ0v) is 7.79. The summed E-state index contributed by atoms with van der Waals surface area (Å²) < 4.78 is 13.4. The number of carbonyl (C=O) groups excluding carboxylic acids is 1. The molecule has 0 aliphatic heterocycles. The summed E-state index contributed by atoms with van der Waals surface area (Å²) in [7, 11) is 0. The highest BCUT2D eigenvalue weighted by Gasteiger charge is 2.26. The van der Waals surface area contributed by atoms with Crippen LogP contribution in [-0.2, 0) is 11.2 Å². The Morgan fingerprint density at radius 3 is 2.71 bits per heavy atom. The Labute approximate surface area is 81.9 Å². The molecule has 1 aliphatic carbocycles. The van der Waals surface area contributed by atoms with Crippen molar-refractivity contribution in [2.75, 3.05) is 0 Å². The molecule has 0 spiro atoms. The lowest BCUT2D eigenvalue weighted by molar-refractivity contribution is -0.117. The van der Waals surface area contributed by atoms with Gasteiger partial charge < -0.3 is 5.73 Å². The third-order valence-corrected chi connectivity index (χ3v) is 2.46. The van der Waals surface area contributed by atoms with Gasteiger partial charge in [-0.1, -0.05) is 12.1 Å². The Hall–Kier alpha value is -1.38. The van der Waals surface area contributed by atoms with Gasteiger partial charge in [0, 0.05) is 0 Å². The maximum absolute atomic E-state index is 13.4. The van der Waals surface area contributed by atoms with Crippen molar-refractivity contribution in [2.45, 2.75) is 25.2 Å². The summed E-state index contributed by atoms with van der Waals surface area (Å²) in [4.78, 5) is 10.6. The minimum absolute atomic E-state index is 0.113. The quantitative estimate of drug-likeness (QED) is 0.780. The van der Waals surface area contributed by atoms with Gasteiger partial charge in [-0.3, -0.25) is 4.79 Å². The highest BCUT2D eigenvalue weighted by Crippen LogP contribution is 2.41. The number of primary amides is 1. The number of nitrogens with two attached hydrogens (primary N) is 1. The summed E-state index contributed by atoms with van der Waals surface area (Å²) in [5, 5.41) is 0. The number of rotatable bonds is 3. The van der Waals surface area contributed by atoms with Crippen LogP contribution < -0.4 is 5.73 Å². The second-order valence-electron chi connectivity index (χ2n) is 3.77. The minimum Gasteiger partial charge on any atom is -0.369 e. The van der Waals surface area contributed by atoms with Gasteiger partial charge in [0.25, 0.3) is 0 Å². The molecule has 1 aromatic carbocycles. The van der Waals surface area contributed by atoms with Crippen LogP contribution in [0.2, 0.25) is 0 Å². The lowest BCUT2D eigenvalue weighted by Crippen LogP contribution is -2.13. The summed E-state index contributed by atoms with van der Waals surface area (Å²) in [6.07, 6.45) is 2.26. The van der Waals surface area contributed by atoms with Crippen molar-refractivity contribution in [3.05, 3.63) is 35.1 Å². The Balaban J connectivity index is 2.21. The standard InChI is InChI=1S/C11H12FNO/c12-10-5-7(6-11(13)14)1-4-9(10)8-2-3-8/h1,4-5,8H,2-3,6H2,(H2,13,14). The summed E-state index contributed by atoms with van der Waals surface area (Å²) in [5.74, 6) is -0.229. The Kier molecular flexibility index (Phi) is 2.23. The van der Waals surface area contributed by atoms with Crippen molar-refractivity contribution < 1.29 is 9.18 Å². The van der Waals surface area contributed by atoms with E-state index in [1.807, 2.05) is 0 Å². The highest BCUT2D eigenvalue weighted by atomic mass is 19.1. The molecular formula is C11H12FNO. The molecule has 0 heterocycles. The third kappa shape index (κ3) is 1.92. The van der Waals surface area contributed by atoms with Gasteiger partial charge in [0.2, 0.25) is 5.91 Å². The van der Waals surface area contributed by atoms with Gasteiger partial charge in [0.1, 0.15) is 5.82 Å². The van der Waals surface area contributed by atoms with Crippen LogP contribution in [0.3, 0.4) is 0 Å². The molecule has 2 rings (SSSR count). The number of halogens is 1. The molecule has 0 unspecified atom stereocenters. The summed E-state index contributed by atoms with van der Waals surface area (Å²) in [6, 6.07) is 4.96. The minimum atomic E-state index is -0.427. The van der Waals surface area contributed by atoms with Gasteiger partial charge in [-0.25, -0.2) is 4.39 Å². The molecule has 1 saturated carbocycles. The maximum atomic E-state index is 13.4. The normalized spacial score (nSPS) is 15.5. The van der Waals surface area contributed by atoms with Crippen LogP contribution >= 0.6 is 0 Å². The number of hydrogen-bond donors (Lipinski definition) is 1. The first kappa shape index (κ1) is 9.19. The molecule has 1 amide bonds. The summed E-state index contributed by atoms with van der Waals surface area (Å²) in [5.41, 5.74) is 6.45. The van der Waals surface area contributed by atoms with E-state index in [4.69, 9.17) is 5.73 Å². The predicted molar refractivity (Wildman–Crippen MR) is 51.3 cm³/mol. The number of carbonyl (C=O) groups is 1. The van der Waals surface area contributed by atoms with E-state index in [2.05, 4.69) is 0 Å². The smallest absolute Gasteiger partial charge is 0.221 e. The Morgan fingerprint density at radius 2 is 2.21 bits per heavy atom. The molecule has 1 aromatic rings.